The van der Waals surface area contributed by atoms with Crippen LogP contribution in [-0.4, -0.2) is 60.6 Å². The van der Waals surface area contributed by atoms with Crippen LogP contribution in [0, 0.1) is 6.92 Å². The summed E-state index contributed by atoms with van der Waals surface area (Å²) >= 11 is 6.47. The number of benzene rings is 3. The van der Waals surface area contributed by atoms with E-state index in [-0.39, 0.29) is 11.7 Å². The van der Waals surface area contributed by atoms with Crippen molar-refractivity contribution in [3.8, 4) is 40.0 Å². The third-order valence-electron chi connectivity index (χ3n) is 7.99. The van der Waals surface area contributed by atoms with Crippen molar-refractivity contribution >= 4 is 17.5 Å². The van der Waals surface area contributed by atoms with Gasteiger partial charge in [-0.1, -0.05) is 43.5 Å². The number of aryl methyl sites for hydroxylation is 1. The smallest absolute Gasteiger partial charge is 0.273 e. The molecular formula is C34H38ClN3O6. The van der Waals surface area contributed by atoms with Crippen LogP contribution in [0.4, 0.5) is 0 Å². The van der Waals surface area contributed by atoms with Gasteiger partial charge in [-0.2, -0.15) is 5.10 Å². The van der Waals surface area contributed by atoms with Gasteiger partial charge in [-0.25, -0.2) is 0 Å². The number of phenolic OH excluding ortho intramolecular Hbond substituents is 1. The summed E-state index contributed by atoms with van der Waals surface area (Å²) in [6.07, 6.45) is 3.70. The largest absolute Gasteiger partial charge is 0.507 e. The third kappa shape index (κ3) is 6.01. The van der Waals surface area contributed by atoms with Crippen LogP contribution in [0.5, 0.6) is 28.7 Å². The Labute approximate surface area is 262 Å². The van der Waals surface area contributed by atoms with Gasteiger partial charge in [0.15, 0.2) is 23.0 Å². The molecule has 2 heterocycles. The first-order chi connectivity index (χ1) is 21.3. The highest BCUT2D eigenvalue weighted by molar-refractivity contribution is 6.31. The minimum absolute atomic E-state index is 0.0320. The lowest BCUT2D eigenvalue weighted by Gasteiger charge is -2.27. The number of rotatable bonds is 13. The molecule has 0 saturated carbocycles. The molecule has 0 aliphatic carbocycles. The molecule has 0 radical (unpaired) electrons. The van der Waals surface area contributed by atoms with Gasteiger partial charge in [0.1, 0.15) is 17.1 Å². The van der Waals surface area contributed by atoms with Crippen LogP contribution < -0.4 is 18.9 Å². The summed E-state index contributed by atoms with van der Waals surface area (Å²) < 4.78 is 22.7. The van der Waals surface area contributed by atoms with Crippen molar-refractivity contribution in [2.24, 2.45) is 0 Å². The monoisotopic (exact) mass is 619 g/mol. The quantitative estimate of drug-likeness (QED) is 0.153. The lowest BCUT2D eigenvalue weighted by Crippen LogP contribution is -2.31. The highest BCUT2D eigenvalue weighted by Crippen LogP contribution is 2.46. The molecule has 1 aliphatic heterocycles. The van der Waals surface area contributed by atoms with Gasteiger partial charge in [0.25, 0.3) is 5.91 Å². The number of unbranched alkanes of at least 4 members (excludes halogenated alkanes) is 2. The topological polar surface area (TPSA) is 106 Å². The standard InChI is InChI=1S/C34H38ClN3O6/c1-6-7-8-15-44-27-12-10-22(18-29(27)43-5)33-30-31(23-19-24(35)20(2)16-25(23)39)36-37-32(30)34(40)38(33)14-13-21-9-11-26(41-3)28(17-21)42-4/h9-12,16-19,33,39H,6-8,13-15H2,1-5H3,(H,36,37). The average molecular weight is 620 g/mol. The molecule has 1 atom stereocenters. The molecule has 5 rings (SSSR count). The van der Waals surface area contributed by atoms with E-state index in [1.165, 1.54) is 0 Å². The lowest BCUT2D eigenvalue weighted by atomic mass is 9.94. The summed E-state index contributed by atoms with van der Waals surface area (Å²) in [5.41, 5.74) is 4.49. The molecule has 232 valence electrons. The van der Waals surface area contributed by atoms with Crippen molar-refractivity contribution in [1.82, 2.24) is 15.1 Å². The van der Waals surface area contributed by atoms with Crippen molar-refractivity contribution in [2.75, 3.05) is 34.5 Å². The van der Waals surface area contributed by atoms with E-state index in [0.717, 1.165) is 36.0 Å². The number of hydrogen-bond donors (Lipinski definition) is 2. The van der Waals surface area contributed by atoms with E-state index in [4.69, 9.17) is 30.5 Å². The van der Waals surface area contributed by atoms with Crippen LogP contribution in [0.15, 0.2) is 48.5 Å². The molecule has 44 heavy (non-hydrogen) atoms. The summed E-state index contributed by atoms with van der Waals surface area (Å²) in [6.45, 7) is 4.96. The number of fused-ring (bicyclic) bond motifs is 1. The molecule has 0 fully saturated rings. The fraction of sp³-hybridized carbons (Fsp3) is 0.353. The van der Waals surface area contributed by atoms with Crippen LogP contribution in [-0.2, 0) is 6.42 Å². The summed E-state index contributed by atoms with van der Waals surface area (Å²) in [4.78, 5) is 15.8. The zero-order chi connectivity index (χ0) is 31.4. The Bertz CT molecular complexity index is 1650. The number of H-pyrrole nitrogens is 1. The molecule has 0 saturated heterocycles. The second-order valence-electron chi connectivity index (χ2n) is 10.8. The minimum Gasteiger partial charge on any atom is -0.507 e. The normalized spacial score (nSPS) is 14.1. The molecule has 2 N–H and O–H groups in total. The van der Waals surface area contributed by atoms with Crippen LogP contribution in [0.2, 0.25) is 5.02 Å². The Morgan fingerprint density at radius 3 is 2.41 bits per heavy atom. The van der Waals surface area contributed by atoms with Gasteiger partial charge >= 0.3 is 0 Å². The van der Waals surface area contributed by atoms with Gasteiger partial charge in [-0.3, -0.25) is 9.89 Å². The highest BCUT2D eigenvalue weighted by Gasteiger charge is 2.42. The summed E-state index contributed by atoms with van der Waals surface area (Å²) in [6, 6.07) is 14.2. The summed E-state index contributed by atoms with van der Waals surface area (Å²) in [7, 11) is 4.80. The van der Waals surface area contributed by atoms with E-state index in [0.29, 0.717) is 70.1 Å². The molecule has 0 bridgehead atoms. The summed E-state index contributed by atoms with van der Waals surface area (Å²) in [5.74, 6) is 2.32. The third-order valence-corrected chi connectivity index (χ3v) is 8.40. The number of aromatic hydroxyl groups is 1. The predicted molar refractivity (Wildman–Crippen MR) is 170 cm³/mol. The number of methoxy groups -OCH3 is 3. The molecule has 3 aromatic carbocycles. The van der Waals surface area contributed by atoms with E-state index >= 15 is 0 Å². The van der Waals surface area contributed by atoms with Crippen LogP contribution >= 0.6 is 11.6 Å². The number of amides is 1. The maximum absolute atomic E-state index is 14.0. The van der Waals surface area contributed by atoms with Gasteiger partial charge in [-0.05, 0) is 72.9 Å². The molecule has 1 aromatic heterocycles. The maximum Gasteiger partial charge on any atom is 0.273 e. The number of ether oxygens (including phenoxy) is 4. The first kappa shape index (κ1) is 31.1. The molecule has 9 nitrogen and oxygen atoms in total. The number of aromatic amines is 1. The van der Waals surface area contributed by atoms with Crippen molar-refractivity contribution in [3.05, 3.63) is 81.5 Å². The van der Waals surface area contributed by atoms with Gasteiger partial charge in [0.2, 0.25) is 0 Å². The zero-order valence-corrected chi connectivity index (χ0v) is 26.5. The molecule has 0 spiro atoms. The van der Waals surface area contributed by atoms with E-state index < -0.39 is 6.04 Å². The molecule has 1 amide bonds. The number of hydrogen-bond acceptors (Lipinski definition) is 7. The van der Waals surface area contributed by atoms with E-state index in [9.17, 15) is 9.90 Å². The van der Waals surface area contributed by atoms with Crippen LogP contribution in [0.3, 0.4) is 0 Å². The molecule has 1 aliphatic rings. The van der Waals surface area contributed by atoms with E-state index in [1.807, 2.05) is 48.2 Å². The van der Waals surface area contributed by atoms with Crippen molar-refractivity contribution in [3.63, 3.8) is 0 Å². The zero-order valence-electron chi connectivity index (χ0n) is 25.7. The minimum atomic E-state index is -0.520. The molecular weight excluding hydrogens is 582 g/mol. The molecule has 4 aromatic rings. The number of nitrogens with zero attached hydrogens (tertiary/aromatic N) is 2. The summed E-state index contributed by atoms with van der Waals surface area (Å²) in [5, 5.41) is 18.9. The Balaban J connectivity index is 1.56. The Hall–Kier alpha value is -4.37. The van der Waals surface area contributed by atoms with Crippen LogP contribution in [0.25, 0.3) is 11.3 Å². The molecule has 1 unspecified atom stereocenters. The number of phenols is 1. The number of carbonyl (C=O) groups is 1. The fourth-order valence-corrected chi connectivity index (χ4v) is 5.79. The fourth-order valence-electron chi connectivity index (χ4n) is 5.63. The molecule has 10 heteroatoms. The maximum atomic E-state index is 14.0. The Morgan fingerprint density at radius 1 is 0.955 bits per heavy atom. The number of halogens is 1. The Kier molecular flexibility index (Phi) is 9.54. The van der Waals surface area contributed by atoms with Gasteiger partial charge in [0.05, 0.1) is 34.0 Å². The second kappa shape index (κ2) is 13.5. The number of carbonyl (C=O) groups excluding carboxylic acids is 1. The van der Waals surface area contributed by atoms with Crippen molar-refractivity contribution in [1.29, 1.82) is 0 Å². The van der Waals surface area contributed by atoms with Gasteiger partial charge in [0, 0.05) is 22.7 Å². The van der Waals surface area contributed by atoms with Crippen molar-refractivity contribution < 1.29 is 28.8 Å². The SMILES string of the molecule is CCCCCOc1ccc(C2c3c(-c4cc(Cl)c(C)cc4O)n[nH]c3C(=O)N2CCc2ccc(OC)c(OC)c2)cc1OC. The first-order valence-electron chi connectivity index (χ1n) is 14.7. The van der Waals surface area contributed by atoms with Crippen LogP contribution in [0.1, 0.15) is 65.0 Å². The number of aromatic nitrogens is 2. The van der Waals surface area contributed by atoms with E-state index in [2.05, 4.69) is 17.1 Å². The van der Waals surface area contributed by atoms with E-state index in [1.54, 1.807) is 33.5 Å². The highest BCUT2D eigenvalue weighted by atomic mass is 35.5. The van der Waals surface area contributed by atoms with Gasteiger partial charge < -0.3 is 29.0 Å². The van der Waals surface area contributed by atoms with Crippen molar-refractivity contribution in [2.45, 2.75) is 45.6 Å². The predicted octanol–water partition coefficient (Wildman–Crippen LogP) is 7.13. The number of nitrogens with one attached hydrogen (secondary N) is 1. The van der Waals surface area contributed by atoms with Gasteiger partial charge in [-0.15, -0.1) is 0 Å². The average Bonchev–Trinajstić information content (AvgIpc) is 3.58. The Morgan fingerprint density at radius 2 is 1.68 bits per heavy atom. The lowest BCUT2D eigenvalue weighted by molar-refractivity contribution is 0.0745. The second-order valence-corrected chi connectivity index (χ2v) is 11.2. The first-order valence-corrected chi connectivity index (χ1v) is 15.1.